The zero-order valence-electron chi connectivity index (χ0n) is 16.0. The van der Waals surface area contributed by atoms with Crippen LogP contribution in [0.25, 0.3) is 0 Å². The first-order valence-electron chi connectivity index (χ1n) is 9.43. The second kappa shape index (κ2) is 12.1. The van der Waals surface area contributed by atoms with Gasteiger partial charge in [-0.1, -0.05) is 17.7 Å². The SMILES string of the molecule is CCNC(=NCc1ccnc(OCC2CC2)c1)NCCc1ccc(Cl)nc1.I. The van der Waals surface area contributed by atoms with Crippen LogP contribution in [0.3, 0.4) is 0 Å². The quantitative estimate of drug-likeness (QED) is 0.230. The van der Waals surface area contributed by atoms with Crippen LogP contribution in [0.2, 0.25) is 5.15 Å². The number of aromatic nitrogens is 2. The van der Waals surface area contributed by atoms with Crippen LogP contribution in [0.5, 0.6) is 5.88 Å². The minimum atomic E-state index is 0. The van der Waals surface area contributed by atoms with Crippen molar-refractivity contribution in [3.05, 3.63) is 52.9 Å². The maximum atomic E-state index is 5.82. The lowest BCUT2D eigenvalue weighted by atomic mass is 10.2. The highest BCUT2D eigenvalue weighted by Gasteiger charge is 2.22. The molecule has 0 aromatic carbocycles. The molecule has 1 fully saturated rings. The first kappa shape index (κ1) is 22.7. The fraction of sp³-hybridized carbons (Fsp3) is 0.450. The fourth-order valence-electron chi connectivity index (χ4n) is 2.51. The molecule has 2 heterocycles. The number of hydrogen-bond donors (Lipinski definition) is 2. The van der Waals surface area contributed by atoms with Crippen LogP contribution < -0.4 is 15.4 Å². The number of aliphatic imine (C=N–C) groups is 1. The van der Waals surface area contributed by atoms with Gasteiger partial charge in [-0.15, -0.1) is 24.0 Å². The Morgan fingerprint density at radius 2 is 2.07 bits per heavy atom. The molecule has 0 radical (unpaired) electrons. The molecule has 8 heteroatoms. The summed E-state index contributed by atoms with van der Waals surface area (Å²) in [6.45, 7) is 4.96. The van der Waals surface area contributed by atoms with Crippen molar-refractivity contribution < 1.29 is 4.74 Å². The number of hydrogen-bond acceptors (Lipinski definition) is 4. The minimum absolute atomic E-state index is 0. The van der Waals surface area contributed by atoms with Gasteiger partial charge in [0, 0.05) is 31.5 Å². The fourth-order valence-corrected chi connectivity index (χ4v) is 2.62. The molecule has 6 nitrogen and oxygen atoms in total. The molecular weight excluding hydrogens is 489 g/mol. The second-order valence-corrected chi connectivity index (χ2v) is 7.01. The van der Waals surface area contributed by atoms with Crippen molar-refractivity contribution in [3.63, 3.8) is 0 Å². The molecule has 0 spiro atoms. The maximum absolute atomic E-state index is 5.82. The van der Waals surface area contributed by atoms with E-state index in [1.54, 1.807) is 12.4 Å². The Morgan fingerprint density at radius 1 is 1.21 bits per heavy atom. The van der Waals surface area contributed by atoms with Crippen molar-refractivity contribution in [2.24, 2.45) is 10.9 Å². The van der Waals surface area contributed by atoms with Gasteiger partial charge < -0.3 is 15.4 Å². The smallest absolute Gasteiger partial charge is 0.213 e. The summed E-state index contributed by atoms with van der Waals surface area (Å²) >= 11 is 5.82. The third kappa shape index (κ3) is 8.18. The predicted molar refractivity (Wildman–Crippen MR) is 124 cm³/mol. The van der Waals surface area contributed by atoms with Crippen LogP contribution in [0.15, 0.2) is 41.7 Å². The average Bonchev–Trinajstić information content (AvgIpc) is 3.51. The van der Waals surface area contributed by atoms with Gasteiger partial charge in [0.2, 0.25) is 5.88 Å². The van der Waals surface area contributed by atoms with Gasteiger partial charge >= 0.3 is 0 Å². The molecule has 0 saturated heterocycles. The van der Waals surface area contributed by atoms with E-state index in [0.717, 1.165) is 43.2 Å². The molecule has 3 rings (SSSR count). The average molecular weight is 516 g/mol. The monoisotopic (exact) mass is 515 g/mol. The van der Waals surface area contributed by atoms with Crippen molar-refractivity contribution in [3.8, 4) is 5.88 Å². The number of rotatable bonds is 9. The van der Waals surface area contributed by atoms with E-state index in [0.29, 0.717) is 23.5 Å². The summed E-state index contributed by atoms with van der Waals surface area (Å²) in [6, 6.07) is 7.73. The third-order valence-electron chi connectivity index (χ3n) is 4.22. The first-order chi connectivity index (χ1) is 13.2. The van der Waals surface area contributed by atoms with E-state index in [-0.39, 0.29) is 24.0 Å². The molecular formula is C20H27ClIN5O. The van der Waals surface area contributed by atoms with E-state index in [4.69, 9.17) is 16.3 Å². The molecule has 28 heavy (non-hydrogen) atoms. The molecule has 1 saturated carbocycles. The van der Waals surface area contributed by atoms with Crippen molar-refractivity contribution in [1.29, 1.82) is 0 Å². The summed E-state index contributed by atoms with van der Waals surface area (Å²) in [4.78, 5) is 13.0. The zero-order chi connectivity index (χ0) is 18.9. The lowest BCUT2D eigenvalue weighted by Gasteiger charge is -2.11. The number of pyridine rings is 2. The number of nitrogens with one attached hydrogen (secondary N) is 2. The summed E-state index contributed by atoms with van der Waals surface area (Å²) in [7, 11) is 0. The van der Waals surface area contributed by atoms with E-state index >= 15 is 0 Å². The Morgan fingerprint density at radius 3 is 2.79 bits per heavy atom. The van der Waals surface area contributed by atoms with Crippen molar-refractivity contribution >= 4 is 41.5 Å². The van der Waals surface area contributed by atoms with Gasteiger partial charge in [-0.25, -0.2) is 15.0 Å². The normalized spacial score (nSPS) is 13.6. The molecule has 2 aromatic heterocycles. The molecule has 1 aliphatic carbocycles. The standard InChI is InChI=1S/C20H26ClN5O.HI/c1-2-22-20(24-10-7-15-5-6-18(21)25-12-15)26-13-17-8-9-23-19(11-17)27-14-16-3-4-16;/h5-6,8-9,11-12,16H,2-4,7,10,13-14H2,1H3,(H2,22,24,26);1H. The summed E-state index contributed by atoms with van der Waals surface area (Å²) in [5, 5.41) is 7.13. The van der Waals surface area contributed by atoms with Gasteiger partial charge in [0.25, 0.3) is 0 Å². The molecule has 0 aliphatic heterocycles. The second-order valence-electron chi connectivity index (χ2n) is 6.62. The van der Waals surface area contributed by atoms with Crippen LogP contribution in [0.4, 0.5) is 0 Å². The Bertz CT molecular complexity index is 753. The van der Waals surface area contributed by atoms with Crippen LogP contribution in [-0.4, -0.2) is 35.6 Å². The van der Waals surface area contributed by atoms with E-state index in [1.165, 1.54) is 12.8 Å². The molecule has 0 unspecified atom stereocenters. The van der Waals surface area contributed by atoms with Gasteiger partial charge in [0.15, 0.2) is 5.96 Å². The molecule has 1 aliphatic rings. The van der Waals surface area contributed by atoms with Crippen LogP contribution in [0.1, 0.15) is 30.9 Å². The van der Waals surface area contributed by atoms with E-state index in [2.05, 4.69) is 32.5 Å². The van der Waals surface area contributed by atoms with Crippen molar-refractivity contribution in [2.75, 3.05) is 19.7 Å². The van der Waals surface area contributed by atoms with Crippen LogP contribution in [-0.2, 0) is 13.0 Å². The van der Waals surface area contributed by atoms with E-state index in [1.807, 2.05) is 24.3 Å². The molecule has 152 valence electrons. The molecule has 0 bridgehead atoms. The van der Waals surface area contributed by atoms with E-state index < -0.39 is 0 Å². The van der Waals surface area contributed by atoms with Gasteiger partial charge in [-0.3, -0.25) is 0 Å². The Hall–Kier alpha value is -1.61. The highest BCUT2D eigenvalue weighted by molar-refractivity contribution is 14.0. The molecule has 0 atom stereocenters. The third-order valence-corrected chi connectivity index (χ3v) is 4.45. The Labute approximate surface area is 188 Å². The lowest BCUT2D eigenvalue weighted by molar-refractivity contribution is 0.288. The Kier molecular flexibility index (Phi) is 9.77. The van der Waals surface area contributed by atoms with Crippen molar-refractivity contribution in [1.82, 2.24) is 20.6 Å². The first-order valence-corrected chi connectivity index (χ1v) is 9.81. The van der Waals surface area contributed by atoms with Crippen LogP contribution >= 0.6 is 35.6 Å². The molecule has 2 N–H and O–H groups in total. The molecule has 0 amide bonds. The van der Waals surface area contributed by atoms with Crippen LogP contribution in [0, 0.1) is 5.92 Å². The predicted octanol–water partition coefficient (Wildman–Crippen LogP) is 3.83. The van der Waals surface area contributed by atoms with Gasteiger partial charge in [-0.2, -0.15) is 0 Å². The van der Waals surface area contributed by atoms with Crippen molar-refractivity contribution in [2.45, 2.75) is 32.7 Å². The van der Waals surface area contributed by atoms with Gasteiger partial charge in [0.1, 0.15) is 5.15 Å². The highest BCUT2D eigenvalue weighted by atomic mass is 127. The summed E-state index contributed by atoms with van der Waals surface area (Å²) in [5.41, 5.74) is 2.21. The topological polar surface area (TPSA) is 71.4 Å². The number of halogens is 2. The number of nitrogens with zero attached hydrogens (tertiary/aromatic N) is 3. The number of guanidine groups is 1. The maximum Gasteiger partial charge on any atom is 0.213 e. The van der Waals surface area contributed by atoms with E-state index in [9.17, 15) is 0 Å². The van der Waals surface area contributed by atoms with Gasteiger partial charge in [0.05, 0.1) is 13.2 Å². The zero-order valence-corrected chi connectivity index (χ0v) is 19.1. The van der Waals surface area contributed by atoms with Gasteiger partial charge in [-0.05, 0) is 55.4 Å². The highest BCUT2D eigenvalue weighted by Crippen LogP contribution is 2.29. The summed E-state index contributed by atoms with van der Waals surface area (Å²) in [5.74, 6) is 2.19. The molecule has 2 aromatic rings. The Balaban J connectivity index is 0.00000280. The minimum Gasteiger partial charge on any atom is -0.477 e. The summed E-state index contributed by atoms with van der Waals surface area (Å²) in [6.07, 6.45) is 6.97. The summed E-state index contributed by atoms with van der Waals surface area (Å²) < 4.78 is 5.74. The number of ether oxygens (including phenoxy) is 1. The largest absolute Gasteiger partial charge is 0.477 e. The lowest BCUT2D eigenvalue weighted by Crippen LogP contribution is -2.38.